The molecule has 2 aliphatic rings. The van der Waals surface area contributed by atoms with Crippen molar-refractivity contribution in [2.45, 2.75) is 37.3 Å². The Hall–Kier alpha value is -0.600. The Kier molecular flexibility index (Phi) is 1.99. The first-order valence-corrected chi connectivity index (χ1v) is 5.59. The molecule has 3 rings (SSSR count). The first-order valence-electron chi connectivity index (χ1n) is 5.21. The summed E-state index contributed by atoms with van der Waals surface area (Å²) in [6, 6.07) is 5.46. The van der Waals surface area contributed by atoms with Gasteiger partial charge in [-0.05, 0) is 30.9 Å². The highest BCUT2D eigenvalue weighted by Gasteiger charge is 2.40. The third-order valence-corrected chi connectivity index (χ3v) is 3.80. The van der Waals surface area contributed by atoms with Crippen LogP contribution in [0.15, 0.2) is 18.3 Å². The lowest BCUT2D eigenvalue weighted by Crippen LogP contribution is -2.21. The fourth-order valence-corrected chi connectivity index (χ4v) is 3.10. The number of hydrogen-bond acceptors (Lipinski definition) is 2. The molecule has 2 bridgehead atoms. The fourth-order valence-electron chi connectivity index (χ4n) is 2.84. The number of pyridine rings is 1. The highest BCUT2D eigenvalue weighted by Crippen LogP contribution is 2.41. The molecule has 0 radical (unpaired) electrons. The quantitative estimate of drug-likeness (QED) is 0.717. The Labute approximate surface area is 88.7 Å². The number of halogens is 1. The fraction of sp³-hybridized carbons (Fsp3) is 0.545. The van der Waals surface area contributed by atoms with E-state index in [2.05, 4.69) is 16.4 Å². The number of hydrogen-bond donors (Lipinski definition) is 1. The van der Waals surface area contributed by atoms with Crippen LogP contribution >= 0.6 is 11.6 Å². The minimum absolute atomic E-state index is 0.593. The molecule has 0 aromatic carbocycles. The van der Waals surface area contributed by atoms with Crippen LogP contribution in [0.2, 0.25) is 5.15 Å². The second-order valence-electron chi connectivity index (χ2n) is 4.27. The summed E-state index contributed by atoms with van der Waals surface area (Å²) in [7, 11) is 0. The zero-order valence-corrected chi connectivity index (χ0v) is 8.67. The molecule has 74 valence electrons. The van der Waals surface area contributed by atoms with Crippen LogP contribution in [0.4, 0.5) is 0 Å². The van der Waals surface area contributed by atoms with Gasteiger partial charge in [0.15, 0.2) is 0 Å². The standard InChI is InChI=1S/C11H13ClN2/c12-11-8(2-1-5-13-11)9-6-7-3-4-10(9)14-7/h1-2,5,7,9-10,14H,3-4,6H2/t7?,9-,10?/m1/s1. The minimum atomic E-state index is 0.593. The summed E-state index contributed by atoms with van der Waals surface area (Å²) in [5, 5.41) is 4.30. The highest BCUT2D eigenvalue weighted by molar-refractivity contribution is 6.30. The smallest absolute Gasteiger partial charge is 0.132 e. The van der Waals surface area contributed by atoms with Crippen molar-refractivity contribution in [2.24, 2.45) is 0 Å². The summed E-state index contributed by atoms with van der Waals surface area (Å²) in [5.74, 6) is 0.593. The van der Waals surface area contributed by atoms with E-state index in [9.17, 15) is 0 Å². The van der Waals surface area contributed by atoms with Crippen LogP contribution in [0.3, 0.4) is 0 Å². The van der Waals surface area contributed by atoms with E-state index in [-0.39, 0.29) is 0 Å². The molecule has 1 aromatic rings. The SMILES string of the molecule is Clc1ncccc1[C@H]1CC2CCC1N2. The number of nitrogens with zero attached hydrogens (tertiary/aromatic N) is 1. The molecule has 2 aliphatic heterocycles. The molecule has 0 saturated carbocycles. The molecule has 3 heterocycles. The highest BCUT2D eigenvalue weighted by atomic mass is 35.5. The van der Waals surface area contributed by atoms with Crippen LogP contribution in [0.5, 0.6) is 0 Å². The van der Waals surface area contributed by atoms with Crippen molar-refractivity contribution in [1.29, 1.82) is 0 Å². The first kappa shape index (κ1) is 8.69. The molecular weight excluding hydrogens is 196 g/mol. The van der Waals surface area contributed by atoms with E-state index in [1.165, 1.54) is 24.8 Å². The third-order valence-electron chi connectivity index (χ3n) is 3.49. The number of rotatable bonds is 1. The van der Waals surface area contributed by atoms with Crippen molar-refractivity contribution in [2.75, 3.05) is 0 Å². The van der Waals surface area contributed by atoms with Gasteiger partial charge in [-0.15, -0.1) is 0 Å². The first-order chi connectivity index (χ1) is 6.84. The summed E-state index contributed by atoms with van der Waals surface area (Å²) in [5.41, 5.74) is 1.23. The predicted molar refractivity (Wildman–Crippen MR) is 56.6 cm³/mol. The molecule has 0 aliphatic carbocycles. The lowest BCUT2D eigenvalue weighted by atomic mass is 9.85. The molecule has 0 spiro atoms. The molecule has 2 nitrogen and oxygen atoms in total. The Bertz CT molecular complexity index is 353. The molecule has 3 heteroatoms. The lowest BCUT2D eigenvalue weighted by Gasteiger charge is -2.20. The molecule has 1 N–H and O–H groups in total. The van der Waals surface area contributed by atoms with Crippen LogP contribution in [-0.4, -0.2) is 17.1 Å². The van der Waals surface area contributed by atoms with Gasteiger partial charge in [0.1, 0.15) is 5.15 Å². The second kappa shape index (κ2) is 3.21. The van der Waals surface area contributed by atoms with Gasteiger partial charge in [-0.25, -0.2) is 4.98 Å². The topological polar surface area (TPSA) is 24.9 Å². The summed E-state index contributed by atoms with van der Waals surface area (Å²) in [6.45, 7) is 0. The van der Waals surface area contributed by atoms with Crippen LogP contribution in [0, 0.1) is 0 Å². The van der Waals surface area contributed by atoms with E-state index in [1.54, 1.807) is 6.20 Å². The van der Waals surface area contributed by atoms with E-state index in [1.807, 2.05) is 6.07 Å². The average Bonchev–Trinajstić information content (AvgIpc) is 2.79. The van der Waals surface area contributed by atoms with Gasteiger partial charge in [0, 0.05) is 24.2 Å². The van der Waals surface area contributed by atoms with Gasteiger partial charge < -0.3 is 5.32 Å². The number of fused-ring (bicyclic) bond motifs is 2. The van der Waals surface area contributed by atoms with Crippen LogP contribution in [-0.2, 0) is 0 Å². The summed E-state index contributed by atoms with van der Waals surface area (Å²) in [6.07, 6.45) is 5.61. The molecule has 1 aromatic heterocycles. The molecular formula is C11H13ClN2. The molecule has 14 heavy (non-hydrogen) atoms. The van der Waals surface area contributed by atoms with Crippen molar-refractivity contribution in [3.05, 3.63) is 29.0 Å². The Morgan fingerprint density at radius 1 is 1.43 bits per heavy atom. The maximum Gasteiger partial charge on any atom is 0.132 e. The van der Waals surface area contributed by atoms with Gasteiger partial charge in [-0.1, -0.05) is 17.7 Å². The van der Waals surface area contributed by atoms with E-state index in [0.29, 0.717) is 17.1 Å². The van der Waals surface area contributed by atoms with Gasteiger partial charge >= 0.3 is 0 Å². The van der Waals surface area contributed by atoms with Crippen molar-refractivity contribution < 1.29 is 0 Å². The van der Waals surface area contributed by atoms with Gasteiger partial charge in [0.2, 0.25) is 0 Å². The minimum Gasteiger partial charge on any atom is -0.311 e. The zero-order chi connectivity index (χ0) is 9.54. The van der Waals surface area contributed by atoms with Gasteiger partial charge in [-0.3, -0.25) is 0 Å². The Morgan fingerprint density at radius 3 is 3.00 bits per heavy atom. The second-order valence-corrected chi connectivity index (χ2v) is 4.63. The molecule has 2 unspecified atom stereocenters. The summed E-state index contributed by atoms with van der Waals surface area (Å²) < 4.78 is 0. The van der Waals surface area contributed by atoms with Crippen LogP contribution in [0.1, 0.15) is 30.7 Å². The normalized spacial score (nSPS) is 35.1. The van der Waals surface area contributed by atoms with Gasteiger partial charge in [0.05, 0.1) is 0 Å². The van der Waals surface area contributed by atoms with E-state index >= 15 is 0 Å². The number of nitrogens with one attached hydrogen (secondary N) is 1. The molecule has 3 atom stereocenters. The Balaban J connectivity index is 1.93. The van der Waals surface area contributed by atoms with Crippen molar-refractivity contribution in [3.63, 3.8) is 0 Å². The van der Waals surface area contributed by atoms with E-state index < -0.39 is 0 Å². The molecule has 2 saturated heterocycles. The lowest BCUT2D eigenvalue weighted by molar-refractivity contribution is 0.505. The van der Waals surface area contributed by atoms with Crippen LogP contribution < -0.4 is 5.32 Å². The van der Waals surface area contributed by atoms with Crippen molar-refractivity contribution >= 4 is 11.6 Å². The van der Waals surface area contributed by atoms with Gasteiger partial charge in [0.25, 0.3) is 0 Å². The largest absolute Gasteiger partial charge is 0.311 e. The summed E-state index contributed by atoms with van der Waals surface area (Å²) >= 11 is 6.10. The number of aromatic nitrogens is 1. The van der Waals surface area contributed by atoms with E-state index in [4.69, 9.17) is 11.6 Å². The van der Waals surface area contributed by atoms with Gasteiger partial charge in [-0.2, -0.15) is 0 Å². The van der Waals surface area contributed by atoms with Crippen molar-refractivity contribution in [1.82, 2.24) is 10.3 Å². The monoisotopic (exact) mass is 208 g/mol. The molecule has 2 fully saturated rings. The molecule has 0 amide bonds. The maximum absolute atomic E-state index is 6.10. The van der Waals surface area contributed by atoms with E-state index in [0.717, 1.165) is 6.04 Å². The third kappa shape index (κ3) is 1.25. The zero-order valence-electron chi connectivity index (χ0n) is 7.91. The Morgan fingerprint density at radius 2 is 2.36 bits per heavy atom. The van der Waals surface area contributed by atoms with Crippen molar-refractivity contribution in [3.8, 4) is 0 Å². The predicted octanol–water partition coefficient (Wildman–Crippen LogP) is 2.34. The van der Waals surface area contributed by atoms with Crippen LogP contribution in [0.25, 0.3) is 0 Å². The summed E-state index contributed by atoms with van der Waals surface area (Å²) in [4.78, 5) is 4.14. The average molecular weight is 209 g/mol. The maximum atomic E-state index is 6.10.